The summed E-state index contributed by atoms with van der Waals surface area (Å²) in [5.41, 5.74) is 2.62. The lowest BCUT2D eigenvalue weighted by atomic mass is 10.1. The highest BCUT2D eigenvalue weighted by Crippen LogP contribution is 2.30. The molecule has 7 nitrogen and oxygen atoms in total. The summed E-state index contributed by atoms with van der Waals surface area (Å²) in [6.45, 7) is 3.30. The monoisotopic (exact) mass is 478 g/mol. The molecule has 31 heavy (non-hydrogen) atoms. The number of hydrogen-bond acceptors (Lipinski definition) is 8. The summed E-state index contributed by atoms with van der Waals surface area (Å²) in [6, 6.07) is 5.51. The van der Waals surface area contributed by atoms with Crippen LogP contribution in [0.2, 0.25) is 0 Å². The minimum absolute atomic E-state index is 0.00805. The van der Waals surface area contributed by atoms with E-state index in [4.69, 9.17) is 4.74 Å². The number of esters is 1. The molecule has 10 heteroatoms. The van der Waals surface area contributed by atoms with Gasteiger partial charge in [-0.3, -0.25) is 9.59 Å². The van der Waals surface area contributed by atoms with Crippen LogP contribution >= 0.6 is 22.7 Å². The first-order valence-corrected chi connectivity index (χ1v) is 13.4. The fraction of sp³-hybridized carbons (Fsp3) is 0.381. The van der Waals surface area contributed by atoms with Gasteiger partial charge in [-0.15, -0.1) is 22.7 Å². The summed E-state index contributed by atoms with van der Waals surface area (Å²) in [5, 5.41) is 4.65. The summed E-state index contributed by atoms with van der Waals surface area (Å²) in [6.07, 6.45) is 0.552. The molecule has 4 rings (SSSR count). The summed E-state index contributed by atoms with van der Waals surface area (Å²) < 4.78 is 30.8. The molecular formula is C21H22N2O5S3. The van der Waals surface area contributed by atoms with E-state index in [2.05, 4.69) is 4.98 Å². The molecule has 0 radical (unpaired) electrons. The number of thiophene rings is 1. The Hall–Kier alpha value is -2.30. The van der Waals surface area contributed by atoms with Crippen molar-refractivity contribution in [1.82, 2.24) is 9.55 Å². The highest BCUT2D eigenvalue weighted by atomic mass is 32.2. The molecule has 1 atom stereocenters. The zero-order chi connectivity index (χ0) is 22.2. The normalized spacial score (nSPS) is 17.7. The van der Waals surface area contributed by atoms with E-state index >= 15 is 0 Å². The first-order chi connectivity index (χ1) is 14.7. The van der Waals surface area contributed by atoms with Gasteiger partial charge in [0.15, 0.2) is 16.4 Å². The van der Waals surface area contributed by atoms with Crippen LogP contribution in [0.15, 0.2) is 29.0 Å². The number of nitrogens with zero attached hydrogens (tertiary/aromatic N) is 2. The molecule has 4 heterocycles. The molecule has 1 fully saturated rings. The molecule has 3 aromatic heterocycles. The Morgan fingerprint density at radius 1 is 1.29 bits per heavy atom. The van der Waals surface area contributed by atoms with Gasteiger partial charge < -0.3 is 9.30 Å². The van der Waals surface area contributed by atoms with Crippen LogP contribution in [0.1, 0.15) is 39.9 Å². The van der Waals surface area contributed by atoms with E-state index in [0.29, 0.717) is 23.4 Å². The number of aromatic nitrogens is 2. The third kappa shape index (κ3) is 4.81. The van der Waals surface area contributed by atoms with Gasteiger partial charge in [0.05, 0.1) is 28.5 Å². The molecular weight excluding hydrogens is 456 g/mol. The zero-order valence-electron chi connectivity index (χ0n) is 17.2. The van der Waals surface area contributed by atoms with E-state index in [1.54, 1.807) is 24.3 Å². The van der Waals surface area contributed by atoms with Gasteiger partial charge in [-0.05, 0) is 37.8 Å². The van der Waals surface area contributed by atoms with Gasteiger partial charge in [-0.2, -0.15) is 0 Å². The van der Waals surface area contributed by atoms with Crippen molar-refractivity contribution >= 4 is 44.3 Å². The van der Waals surface area contributed by atoms with Crippen LogP contribution in [0.25, 0.3) is 9.88 Å². The molecule has 0 saturated carbocycles. The molecule has 1 saturated heterocycles. The number of carbonyl (C=O) groups excluding carboxylic acids is 2. The van der Waals surface area contributed by atoms with Crippen molar-refractivity contribution in [1.29, 1.82) is 0 Å². The molecule has 0 aromatic carbocycles. The van der Waals surface area contributed by atoms with E-state index < -0.39 is 15.8 Å². The lowest BCUT2D eigenvalue weighted by molar-refractivity contribution is -0.141. The van der Waals surface area contributed by atoms with E-state index in [-0.39, 0.29) is 36.4 Å². The Morgan fingerprint density at radius 3 is 2.77 bits per heavy atom. The van der Waals surface area contributed by atoms with Crippen molar-refractivity contribution in [3.8, 4) is 9.88 Å². The maximum Gasteiger partial charge on any atom is 0.312 e. The molecule has 164 valence electrons. The average Bonchev–Trinajstić information content (AvgIpc) is 3.48. The van der Waals surface area contributed by atoms with Gasteiger partial charge in [-0.25, -0.2) is 13.4 Å². The van der Waals surface area contributed by atoms with Crippen molar-refractivity contribution in [2.24, 2.45) is 0 Å². The predicted octanol–water partition coefficient (Wildman–Crippen LogP) is 3.62. The highest BCUT2D eigenvalue weighted by molar-refractivity contribution is 7.91. The number of Topliss-reactive ketones (excluding diaryl/α,β-unsaturated/α-hetero) is 1. The topological polar surface area (TPSA) is 95.3 Å². The molecule has 1 aliphatic heterocycles. The molecule has 0 bridgehead atoms. The number of thiazole rings is 1. The van der Waals surface area contributed by atoms with Crippen molar-refractivity contribution in [3.05, 3.63) is 51.6 Å². The van der Waals surface area contributed by atoms with Crippen LogP contribution in [0.3, 0.4) is 0 Å². The maximum absolute atomic E-state index is 12.7. The minimum atomic E-state index is -3.03. The largest absolute Gasteiger partial charge is 0.457 e. The predicted molar refractivity (Wildman–Crippen MR) is 121 cm³/mol. The van der Waals surface area contributed by atoms with Crippen LogP contribution in [0.5, 0.6) is 0 Å². The van der Waals surface area contributed by atoms with Gasteiger partial charge in [0.2, 0.25) is 5.78 Å². The van der Waals surface area contributed by atoms with Gasteiger partial charge in [0.1, 0.15) is 5.01 Å². The van der Waals surface area contributed by atoms with Crippen LogP contribution in [0.4, 0.5) is 0 Å². The van der Waals surface area contributed by atoms with Crippen molar-refractivity contribution < 1.29 is 22.7 Å². The smallest absolute Gasteiger partial charge is 0.312 e. The molecule has 0 aliphatic carbocycles. The van der Waals surface area contributed by atoms with E-state index in [1.165, 1.54) is 11.3 Å². The average molecular weight is 479 g/mol. The lowest BCUT2D eigenvalue weighted by Gasteiger charge is -2.16. The maximum atomic E-state index is 12.7. The van der Waals surface area contributed by atoms with Crippen molar-refractivity contribution in [3.63, 3.8) is 0 Å². The third-order valence-electron chi connectivity index (χ3n) is 5.33. The first-order valence-electron chi connectivity index (χ1n) is 9.79. The Kier molecular flexibility index (Phi) is 6.14. The number of ketones is 1. The van der Waals surface area contributed by atoms with Gasteiger partial charge in [-0.1, -0.05) is 6.07 Å². The molecule has 0 amide bonds. The first kappa shape index (κ1) is 21.9. The third-order valence-corrected chi connectivity index (χ3v) is 9.01. The number of rotatable bonds is 7. The van der Waals surface area contributed by atoms with Crippen LogP contribution in [-0.4, -0.2) is 47.8 Å². The quantitative estimate of drug-likeness (QED) is 0.380. The lowest BCUT2D eigenvalue weighted by Crippen LogP contribution is -2.17. The van der Waals surface area contributed by atoms with Crippen molar-refractivity contribution in [2.45, 2.75) is 32.7 Å². The minimum Gasteiger partial charge on any atom is -0.457 e. The summed E-state index contributed by atoms with van der Waals surface area (Å²) in [5.74, 6) is -0.550. The molecule has 1 unspecified atom stereocenters. The number of aryl methyl sites for hydroxylation is 1. The number of hydrogen-bond donors (Lipinski definition) is 0. The number of sulfone groups is 1. The zero-order valence-corrected chi connectivity index (χ0v) is 19.6. The van der Waals surface area contributed by atoms with E-state index in [0.717, 1.165) is 15.6 Å². The summed E-state index contributed by atoms with van der Waals surface area (Å²) >= 11 is 3.05. The Balaban J connectivity index is 1.37. The fourth-order valence-electron chi connectivity index (χ4n) is 3.92. The van der Waals surface area contributed by atoms with Crippen molar-refractivity contribution in [2.75, 3.05) is 18.1 Å². The molecule has 1 aliphatic rings. The van der Waals surface area contributed by atoms with Crippen LogP contribution in [-0.2, 0) is 25.8 Å². The second kappa shape index (κ2) is 8.68. The molecule has 0 N–H and O–H groups in total. The van der Waals surface area contributed by atoms with Gasteiger partial charge in [0, 0.05) is 28.4 Å². The van der Waals surface area contributed by atoms with Crippen LogP contribution in [0, 0.1) is 13.8 Å². The Labute approximate surface area is 188 Å². The van der Waals surface area contributed by atoms with E-state index in [9.17, 15) is 18.0 Å². The SMILES string of the molecule is Cc1cc(C(=O)COC(=O)Cc2csc(-c3cccs3)n2)c(C)n1C1CCS(=O)(=O)C1. The van der Waals surface area contributed by atoms with E-state index in [1.807, 2.05) is 34.4 Å². The fourth-order valence-corrected chi connectivity index (χ4v) is 7.26. The van der Waals surface area contributed by atoms with Gasteiger partial charge >= 0.3 is 5.97 Å². The number of carbonyl (C=O) groups is 2. The summed E-state index contributed by atoms with van der Waals surface area (Å²) in [4.78, 5) is 30.4. The second-order valence-electron chi connectivity index (χ2n) is 7.59. The Bertz CT molecular complexity index is 1220. The molecule has 3 aromatic rings. The van der Waals surface area contributed by atoms with Gasteiger partial charge in [0.25, 0.3) is 0 Å². The number of ether oxygens (including phenoxy) is 1. The summed E-state index contributed by atoms with van der Waals surface area (Å²) in [7, 11) is -3.03. The standard InChI is InChI=1S/C21H22N2O5S3/c1-13-8-17(14(2)23(13)16-5-7-31(26,27)12-16)18(24)10-28-20(25)9-15-11-30-21(22-15)19-4-3-6-29-19/h3-4,6,8,11,16H,5,7,9-10,12H2,1-2H3. The second-order valence-corrected chi connectivity index (χ2v) is 11.6. The molecule has 0 spiro atoms. The Morgan fingerprint density at radius 2 is 2.10 bits per heavy atom. The highest BCUT2D eigenvalue weighted by Gasteiger charge is 2.31. The van der Waals surface area contributed by atoms with Crippen LogP contribution < -0.4 is 0 Å².